The maximum Gasteiger partial charge on any atom is 0.253 e. The predicted octanol–water partition coefficient (Wildman–Crippen LogP) is 4.23. The molecule has 0 aromatic heterocycles. The van der Waals surface area contributed by atoms with Crippen LogP contribution in [0.25, 0.3) is 6.08 Å². The number of aliphatic imine (C=N–C) groups is 1. The minimum absolute atomic E-state index is 0.0996. The molecule has 2 aliphatic rings. The summed E-state index contributed by atoms with van der Waals surface area (Å²) in [6.07, 6.45) is 11.0. The molecule has 1 aromatic rings. The van der Waals surface area contributed by atoms with E-state index in [4.69, 9.17) is 14.8 Å². The molecule has 9 nitrogen and oxygen atoms in total. The Kier molecular flexibility index (Phi) is 12.2. The molecule has 1 atom stereocenters. The molecule has 0 bridgehead atoms. The van der Waals surface area contributed by atoms with Gasteiger partial charge in [-0.25, -0.2) is 8.42 Å². The number of rotatable bonds is 16. The van der Waals surface area contributed by atoms with Crippen molar-refractivity contribution >= 4 is 27.8 Å². The second-order valence-corrected chi connectivity index (χ2v) is 12.9. The lowest BCUT2D eigenvalue weighted by atomic mass is 9.89. The largest absolute Gasteiger partial charge is 0.493 e. The fourth-order valence-electron chi connectivity index (χ4n) is 5.33. The molecule has 224 valence electrons. The summed E-state index contributed by atoms with van der Waals surface area (Å²) in [5.41, 5.74) is 1.69. The molecule has 1 spiro atoms. The fraction of sp³-hybridized carbons (Fsp3) is 0.667. The molecule has 3 rings (SSSR count). The molecule has 2 aliphatic heterocycles. The van der Waals surface area contributed by atoms with Gasteiger partial charge in [-0.1, -0.05) is 45.4 Å². The monoisotopic (exact) mass is 577 g/mol. The molecular weight excluding hydrogens is 530 g/mol. The lowest BCUT2D eigenvalue weighted by Gasteiger charge is -2.34. The molecule has 1 aromatic carbocycles. The summed E-state index contributed by atoms with van der Waals surface area (Å²) in [5, 5.41) is 22.6. The van der Waals surface area contributed by atoms with E-state index < -0.39 is 21.7 Å². The maximum atomic E-state index is 13.1. The summed E-state index contributed by atoms with van der Waals surface area (Å²) in [7, 11) is -3.67. The minimum atomic E-state index is -3.67. The van der Waals surface area contributed by atoms with Crippen molar-refractivity contribution in [2.75, 3.05) is 26.3 Å². The molecule has 1 unspecified atom stereocenters. The van der Waals surface area contributed by atoms with Gasteiger partial charge < -0.3 is 20.3 Å². The smallest absolute Gasteiger partial charge is 0.253 e. The van der Waals surface area contributed by atoms with Crippen molar-refractivity contribution in [2.24, 2.45) is 4.99 Å². The number of ether oxygens (including phenoxy) is 1. The highest BCUT2D eigenvalue weighted by Crippen LogP contribution is 2.32. The first-order chi connectivity index (χ1) is 19.1. The topological polar surface area (TPSA) is 129 Å². The maximum absolute atomic E-state index is 13.1. The molecule has 1 saturated heterocycles. The van der Waals surface area contributed by atoms with Crippen LogP contribution < -0.4 is 10.1 Å². The second-order valence-electron chi connectivity index (χ2n) is 11.1. The summed E-state index contributed by atoms with van der Waals surface area (Å²) < 4.78 is 33.4. The van der Waals surface area contributed by atoms with E-state index in [0.717, 1.165) is 41.8 Å². The summed E-state index contributed by atoms with van der Waals surface area (Å²) in [4.78, 5) is 17.6. The van der Waals surface area contributed by atoms with Gasteiger partial charge in [0.2, 0.25) is 10.0 Å². The average molecular weight is 578 g/mol. The molecule has 0 radical (unpaired) electrons. The highest BCUT2D eigenvalue weighted by atomic mass is 32.2. The zero-order chi connectivity index (χ0) is 29.2. The number of aryl methyl sites for hydroxylation is 2. The van der Waals surface area contributed by atoms with Crippen LogP contribution in [0.4, 0.5) is 0 Å². The van der Waals surface area contributed by atoms with E-state index in [1.165, 1.54) is 41.8 Å². The van der Waals surface area contributed by atoms with Crippen molar-refractivity contribution in [3.63, 3.8) is 0 Å². The quantitative estimate of drug-likeness (QED) is 0.252. The number of carbonyl (C=O) groups excluding carboxylic acids is 1. The number of sulfonamides is 1. The Morgan fingerprint density at radius 1 is 1.10 bits per heavy atom. The third-order valence-corrected chi connectivity index (χ3v) is 9.43. The van der Waals surface area contributed by atoms with Crippen LogP contribution in [-0.4, -0.2) is 72.6 Å². The number of piperidine rings is 1. The van der Waals surface area contributed by atoms with E-state index in [1.807, 2.05) is 26.0 Å². The van der Waals surface area contributed by atoms with Crippen molar-refractivity contribution in [2.45, 2.75) is 103 Å². The van der Waals surface area contributed by atoms with Crippen molar-refractivity contribution in [3.05, 3.63) is 34.2 Å². The summed E-state index contributed by atoms with van der Waals surface area (Å²) in [6.45, 7) is 6.45. The van der Waals surface area contributed by atoms with Crippen LogP contribution >= 0.6 is 0 Å². The normalized spacial score (nSPS) is 18.3. The third-order valence-electron chi connectivity index (χ3n) is 7.86. The van der Waals surface area contributed by atoms with Gasteiger partial charge in [-0.05, 0) is 68.0 Å². The van der Waals surface area contributed by atoms with Gasteiger partial charge in [-0.3, -0.25) is 9.79 Å². The van der Waals surface area contributed by atoms with Gasteiger partial charge in [-0.2, -0.15) is 4.31 Å². The van der Waals surface area contributed by atoms with Gasteiger partial charge in [0.1, 0.15) is 17.1 Å². The average Bonchev–Trinajstić information content (AvgIpc) is 3.21. The number of hydrogen-bond acceptors (Lipinski definition) is 7. The molecule has 0 aliphatic carbocycles. The number of nitrogens with zero attached hydrogens (tertiary/aromatic N) is 2. The highest BCUT2D eigenvalue weighted by molar-refractivity contribution is 7.92. The summed E-state index contributed by atoms with van der Waals surface area (Å²) >= 11 is 0. The number of nitrogens with one attached hydrogen (secondary N) is 1. The van der Waals surface area contributed by atoms with Crippen LogP contribution in [0, 0.1) is 13.8 Å². The van der Waals surface area contributed by atoms with Gasteiger partial charge in [0.05, 0.1) is 19.3 Å². The van der Waals surface area contributed by atoms with Crippen molar-refractivity contribution in [1.29, 1.82) is 0 Å². The number of benzene rings is 1. The number of aliphatic hydroxyl groups is 2. The molecule has 10 heteroatoms. The molecule has 2 heterocycles. The number of unbranched alkanes of at least 4 members (excludes halogenated alkanes) is 6. The second kappa shape index (κ2) is 15.1. The van der Waals surface area contributed by atoms with Gasteiger partial charge in [-0.15, -0.1) is 0 Å². The van der Waals surface area contributed by atoms with Crippen molar-refractivity contribution in [3.8, 4) is 5.75 Å². The molecule has 0 saturated carbocycles. The van der Waals surface area contributed by atoms with Crippen LogP contribution in [0.15, 0.2) is 22.5 Å². The van der Waals surface area contributed by atoms with Crippen LogP contribution in [0.2, 0.25) is 0 Å². The number of amides is 1. The summed E-state index contributed by atoms with van der Waals surface area (Å²) in [6, 6.07) is 3.66. The Labute approximate surface area is 239 Å². The Morgan fingerprint density at radius 2 is 1.73 bits per heavy atom. The van der Waals surface area contributed by atoms with Gasteiger partial charge in [0, 0.05) is 31.3 Å². The van der Waals surface area contributed by atoms with Crippen LogP contribution in [0.5, 0.6) is 5.75 Å². The molecule has 40 heavy (non-hydrogen) atoms. The van der Waals surface area contributed by atoms with Gasteiger partial charge >= 0.3 is 0 Å². The lowest BCUT2D eigenvalue weighted by molar-refractivity contribution is -0.124. The first kappa shape index (κ1) is 32.2. The summed E-state index contributed by atoms with van der Waals surface area (Å²) in [5.74, 6) is 1.28. The minimum Gasteiger partial charge on any atom is -0.493 e. The molecule has 3 N–H and O–H groups in total. The van der Waals surface area contributed by atoms with E-state index in [1.54, 1.807) is 6.08 Å². The van der Waals surface area contributed by atoms with Crippen molar-refractivity contribution in [1.82, 2.24) is 9.62 Å². The molecular formula is C30H47N3O6S. The van der Waals surface area contributed by atoms with Gasteiger partial charge in [0.25, 0.3) is 5.91 Å². The fourth-order valence-corrected chi connectivity index (χ4v) is 6.50. The van der Waals surface area contributed by atoms with Crippen LogP contribution in [0.3, 0.4) is 0 Å². The first-order valence-electron chi connectivity index (χ1n) is 14.7. The van der Waals surface area contributed by atoms with Crippen LogP contribution in [0.1, 0.15) is 94.2 Å². The molecule has 1 fully saturated rings. The van der Waals surface area contributed by atoms with E-state index in [9.17, 15) is 18.3 Å². The third kappa shape index (κ3) is 8.86. The zero-order valence-electron chi connectivity index (χ0n) is 24.3. The number of hydrogen-bond donors (Lipinski definition) is 3. The van der Waals surface area contributed by atoms with E-state index in [0.29, 0.717) is 25.0 Å². The number of amidine groups is 1. The zero-order valence-corrected chi connectivity index (χ0v) is 25.1. The van der Waals surface area contributed by atoms with E-state index >= 15 is 0 Å². The van der Waals surface area contributed by atoms with Gasteiger partial charge in [0.15, 0.2) is 0 Å². The Balaban J connectivity index is 1.53. The lowest BCUT2D eigenvalue weighted by Crippen LogP contribution is -2.50. The van der Waals surface area contributed by atoms with E-state index in [-0.39, 0.29) is 32.2 Å². The first-order valence-corrected chi connectivity index (χ1v) is 16.2. The molecule has 1 amide bonds. The predicted molar refractivity (Wildman–Crippen MR) is 159 cm³/mol. The van der Waals surface area contributed by atoms with E-state index in [2.05, 4.69) is 12.2 Å². The van der Waals surface area contributed by atoms with Crippen LogP contribution in [-0.2, 0) is 14.8 Å². The Hall–Kier alpha value is -2.27. The number of aliphatic hydroxyl groups excluding tert-OH is 2. The number of carbonyl (C=O) groups is 1. The highest BCUT2D eigenvalue weighted by Gasteiger charge is 2.46. The Morgan fingerprint density at radius 3 is 2.35 bits per heavy atom. The standard InChI is InChI=1S/C30H47N3O6S/c1-4-5-6-7-8-9-10-11-28-31-29(36)30(32-28)14-16-33(17-15-30)40(37,38)19-13-27-23(2)20-26(21-24(27)3)39-18-12-25(35)22-34/h13,19-21,25,34-35H,4-12,14-18,22H2,1-3H3,(H,31,32,36)/b19-13+. The van der Waals surface area contributed by atoms with Crippen molar-refractivity contribution < 1.29 is 28.2 Å². The Bertz CT molecular complexity index is 1130. The SMILES string of the molecule is CCCCCCCCCC1=NC2(CCN(S(=O)(=O)/C=C/c3c(C)cc(OCCC(O)CO)cc3C)CC2)C(=O)N1.